The van der Waals surface area contributed by atoms with Gasteiger partial charge < -0.3 is 14.2 Å². The quantitative estimate of drug-likeness (QED) is 0.297. The van der Waals surface area contributed by atoms with Gasteiger partial charge >= 0.3 is 5.97 Å². The van der Waals surface area contributed by atoms with E-state index < -0.39 is 9.84 Å². The third-order valence-electron chi connectivity index (χ3n) is 8.42. The largest absolute Gasteiger partial charge is 0.490 e. The number of hydrogen-bond donors (Lipinski definition) is 0. The number of ether oxygens (including phenoxy) is 3. The van der Waals surface area contributed by atoms with Gasteiger partial charge in [0.25, 0.3) is 0 Å². The van der Waals surface area contributed by atoms with Gasteiger partial charge in [-0.15, -0.1) is 0 Å². The van der Waals surface area contributed by atoms with Crippen LogP contribution < -0.4 is 9.47 Å². The minimum atomic E-state index is -2.94. The van der Waals surface area contributed by atoms with Crippen molar-refractivity contribution in [2.75, 3.05) is 18.1 Å². The molecule has 0 radical (unpaired) electrons. The lowest BCUT2D eigenvalue weighted by molar-refractivity contribution is -0.144. The number of carbonyl (C=O) groups excluding carboxylic acids is 1. The average molecular weight is 579 g/mol. The van der Waals surface area contributed by atoms with E-state index in [0.717, 1.165) is 59.3 Å². The van der Waals surface area contributed by atoms with Crippen LogP contribution in [0.4, 0.5) is 4.39 Å². The van der Waals surface area contributed by atoms with E-state index in [-0.39, 0.29) is 47.8 Å². The Hall–Kier alpha value is -3.39. The fourth-order valence-corrected chi connectivity index (χ4v) is 7.48. The predicted molar refractivity (Wildman–Crippen MR) is 154 cm³/mol. The SMILES string of the molecule is CCOC(=O)[C@H]1C[C@@H]1c1ccc(OCc2cc3c(cc2F)CCCc2cc(OC4CCS(=O)(=O)CC4)ccc2-3)cc1. The van der Waals surface area contributed by atoms with Gasteiger partial charge in [0.15, 0.2) is 9.84 Å². The molecule has 1 saturated heterocycles. The van der Waals surface area contributed by atoms with E-state index in [0.29, 0.717) is 30.8 Å². The van der Waals surface area contributed by atoms with Gasteiger partial charge in [0.05, 0.1) is 24.0 Å². The fourth-order valence-electron chi connectivity index (χ4n) is 6.03. The number of rotatable bonds is 8. The maximum atomic E-state index is 15.1. The summed E-state index contributed by atoms with van der Waals surface area (Å²) in [5.41, 5.74) is 5.80. The number of hydrogen-bond acceptors (Lipinski definition) is 6. The van der Waals surface area contributed by atoms with Gasteiger partial charge in [-0.3, -0.25) is 4.79 Å². The lowest BCUT2D eigenvalue weighted by Crippen LogP contribution is -2.30. The Labute approximate surface area is 240 Å². The first-order valence-electron chi connectivity index (χ1n) is 14.5. The van der Waals surface area contributed by atoms with Gasteiger partial charge in [-0.2, -0.15) is 0 Å². The molecule has 0 unspecified atom stereocenters. The van der Waals surface area contributed by atoms with Gasteiger partial charge in [-0.05, 0) is 116 Å². The van der Waals surface area contributed by atoms with Crippen LogP contribution in [0.15, 0.2) is 54.6 Å². The molecule has 0 bridgehead atoms. The molecule has 2 aliphatic carbocycles. The number of esters is 1. The number of fused-ring (bicyclic) bond motifs is 3. The molecule has 41 heavy (non-hydrogen) atoms. The van der Waals surface area contributed by atoms with E-state index in [1.807, 2.05) is 49.4 Å². The van der Waals surface area contributed by atoms with Crippen LogP contribution in [0, 0.1) is 11.7 Å². The smallest absolute Gasteiger partial charge is 0.309 e. The normalized spacial score (nSPS) is 21.2. The topological polar surface area (TPSA) is 78.9 Å². The summed E-state index contributed by atoms with van der Waals surface area (Å²) in [4.78, 5) is 12.0. The molecule has 0 N–H and O–H groups in total. The molecule has 6 rings (SSSR count). The molecule has 2 fully saturated rings. The fraction of sp³-hybridized carbons (Fsp3) is 0.424. The van der Waals surface area contributed by atoms with E-state index >= 15 is 4.39 Å². The minimum Gasteiger partial charge on any atom is -0.490 e. The first-order chi connectivity index (χ1) is 19.8. The second-order valence-corrected chi connectivity index (χ2v) is 13.6. The predicted octanol–water partition coefficient (Wildman–Crippen LogP) is 6.18. The van der Waals surface area contributed by atoms with Crippen molar-refractivity contribution in [2.24, 2.45) is 5.92 Å². The molecule has 1 heterocycles. The van der Waals surface area contributed by atoms with E-state index in [1.54, 1.807) is 6.07 Å². The zero-order chi connectivity index (χ0) is 28.6. The maximum absolute atomic E-state index is 15.1. The van der Waals surface area contributed by atoms with Gasteiger partial charge in [-0.1, -0.05) is 18.2 Å². The van der Waals surface area contributed by atoms with Crippen LogP contribution in [-0.4, -0.2) is 38.6 Å². The van der Waals surface area contributed by atoms with Crippen LogP contribution >= 0.6 is 0 Å². The van der Waals surface area contributed by atoms with Crippen molar-refractivity contribution in [3.8, 4) is 22.6 Å². The van der Waals surface area contributed by atoms with Crippen LogP contribution in [0.25, 0.3) is 11.1 Å². The Bertz CT molecular complexity index is 1530. The van der Waals surface area contributed by atoms with Gasteiger partial charge in [0.2, 0.25) is 0 Å². The van der Waals surface area contributed by atoms with E-state index in [4.69, 9.17) is 14.2 Å². The summed E-state index contributed by atoms with van der Waals surface area (Å²) in [7, 11) is -2.94. The number of carbonyl (C=O) groups is 1. The third kappa shape index (κ3) is 6.27. The van der Waals surface area contributed by atoms with Crippen molar-refractivity contribution in [1.29, 1.82) is 0 Å². The monoisotopic (exact) mass is 578 g/mol. The van der Waals surface area contributed by atoms with Crippen molar-refractivity contribution in [3.05, 3.63) is 82.7 Å². The summed E-state index contributed by atoms with van der Waals surface area (Å²) in [6.07, 6.45) is 4.30. The molecule has 3 aromatic rings. The molecule has 2 atom stereocenters. The highest BCUT2D eigenvalue weighted by Gasteiger charge is 2.45. The van der Waals surface area contributed by atoms with Gasteiger partial charge in [-0.25, -0.2) is 12.8 Å². The molecule has 0 aromatic heterocycles. The first-order valence-corrected chi connectivity index (χ1v) is 16.3. The average Bonchev–Trinajstić information content (AvgIpc) is 3.77. The highest BCUT2D eigenvalue weighted by atomic mass is 32.2. The van der Waals surface area contributed by atoms with Crippen molar-refractivity contribution in [1.82, 2.24) is 0 Å². The minimum absolute atomic E-state index is 0.0630. The molecule has 3 aromatic carbocycles. The second kappa shape index (κ2) is 11.5. The van der Waals surface area contributed by atoms with Crippen molar-refractivity contribution < 1.29 is 31.8 Å². The number of sulfone groups is 1. The van der Waals surface area contributed by atoms with Crippen LogP contribution in [0.1, 0.15) is 60.8 Å². The summed E-state index contributed by atoms with van der Waals surface area (Å²) < 4.78 is 55.9. The zero-order valence-electron chi connectivity index (χ0n) is 23.2. The summed E-state index contributed by atoms with van der Waals surface area (Å²) >= 11 is 0. The van der Waals surface area contributed by atoms with Crippen LogP contribution in [-0.2, 0) is 38.8 Å². The van der Waals surface area contributed by atoms with Crippen LogP contribution in [0.3, 0.4) is 0 Å². The Morgan fingerprint density at radius 1 is 0.927 bits per heavy atom. The molecule has 1 saturated carbocycles. The molecule has 216 valence electrons. The summed E-state index contributed by atoms with van der Waals surface area (Å²) in [5.74, 6) is 1.47. The molecule has 3 aliphatic rings. The van der Waals surface area contributed by atoms with E-state index in [1.165, 1.54) is 0 Å². The van der Waals surface area contributed by atoms with Crippen molar-refractivity contribution >= 4 is 15.8 Å². The highest BCUT2D eigenvalue weighted by molar-refractivity contribution is 7.91. The standard InChI is InChI=1S/C33H35FO6S/c1-2-38-33(35)31-19-30(31)21-6-8-25(9-7-21)39-20-24-17-29-23(18-32(24)34)5-3-4-22-16-27(10-11-28(22)29)40-26-12-14-41(36,37)15-13-26/h6-11,16-18,26,30-31H,2-5,12-15,19-20H2,1H3/t30-,31+/m1/s1. The van der Waals surface area contributed by atoms with Crippen LogP contribution in [0.2, 0.25) is 0 Å². The second-order valence-electron chi connectivity index (χ2n) is 11.3. The lowest BCUT2D eigenvalue weighted by atomic mass is 9.94. The molecule has 8 heteroatoms. The third-order valence-corrected chi connectivity index (χ3v) is 10.1. The maximum Gasteiger partial charge on any atom is 0.309 e. The van der Waals surface area contributed by atoms with E-state index in [9.17, 15) is 13.2 Å². The number of aryl methyl sites for hydroxylation is 2. The first kappa shape index (κ1) is 27.8. The Kier molecular flexibility index (Phi) is 7.77. The molecular weight excluding hydrogens is 543 g/mol. The lowest BCUT2D eigenvalue weighted by Gasteiger charge is -2.24. The number of benzene rings is 3. The molecular formula is C33H35FO6S. The molecule has 0 amide bonds. The summed E-state index contributed by atoms with van der Waals surface area (Å²) in [6, 6.07) is 17.3. The Balaban J connectivity index is 1.14. The Morgan fingerprint density at radius 2 is 1.63 bits per heavy atom. The zero-order valence-corrected chi connectivity index (χ0v) is 24.1. The van der Waals surface area contributed by atoms with Crippen LogP contribution in [0.5, 0.6) is 11.5 Å². The highest BCUT2D eigenvalue weighted by Crippen LogP contribution is 2.48. The van der Waals surface area contributed by atoms with Crippen molar-refractivity contribution in [2.45, 2.75) is 64.1 Å². The molecule has 1 aliphatic heterocycles. The van der Waals surface area contributed by atoms with Crippen molar-refractivity contribution in [3.63, 3.8) is 0 Å². The Morgan fingerprint density at radius 3 is 2.37 bits per heavy atom. The van der Waals surface area contributed by atoms with E-state index in [2.05, 4.69) is 6.07 Å². The summed E-state index contributed by atoms with van der Waals surface area (Å²) in [6.45, 7) is 2.31. The number of halogens is 1. The van der Waals surface area contributed by atoms with Gasteiger partial charge in [0, 0.05) is 5.56 Å². The van der Waals surface area contributed by atoms with Gasteiger partial charge in [0.1, 0.15) is 30.0 Å². The molecule has 6 nitrogen and oxygen atoms in total. The summed E-state index contributed by atoms with van der Waals surface area (Å²) in [5, 5.41) is 0. The molecule has 0 spiro atoms.